The minimum Gasteiger partial charge on any atom is -0.494 e. The quantitative estimate of drug-likeness (QED) is 0.301. The number of nitrogens with zero attached hydrogens (tertiary/aromatic N) is 3. The number of carbonyl (C=O) groups excluding carboxylic acids is 2. The minimum atomic E-state index is -0.541. The van der Waals surface area contributed by atoms with Gasteiger partial charge in [-0.05, 0) is 49.3 Å². The maximum absolute atomic E-state index is 13.2. The van der Waals surface area contributed by atoms with Crippen molar-refractivity contribution in [3.8, 4) is 11.9 Å². The van der Waals surface area contributed by atoms with Gasteiger partial charge in [-0.15, -0.1) is 11.3 Å². The van der Waals surface area contributed by atoms with E-state index in [1.165, 1.54) is 39.5 Å². The first-order valence-electron chi connectivity index (χ1n) is 11.5. The largest absolute Gasteiger partial charge is 0.494 e. The van der Waals surface area contributed by atoms with Gasteiger partial charge in [-0.3, -0.25) is 23.9 Å². The summed E-state index contributed by atoms with van der Waals surface area (Å²) < 4.78 is 1.69. The summed E-state index contributed by atoms with van der Waals surface area (Å²) in [6.07, 6.45) is 6.57. The van der Waals surface area contributed by atoms with Crippen LogP contribution in [0, 0.1) is 18.3 Å². The van der Waals surface area contributed by atoms with Gasteiger partial charge in [-0.25, -0.2) is 0 Å². The molecule has 10 heteroatoms. The van der Waals surface area contributed by atoms with E-state index in [1.807, 2.05) is 29.7 Å². The van der Waals surface area contributed by atoms with Crippen LogP contribution in [0.15, 0.2) is 27.2 Å². The van der Waals surface area contributed by atoms with Crippen LogP contribution >= 0.6 is 35.3 Å². The van der Waals surface area contributed by atoms with E-state index in [0.717, 1.165) is 37.0 Å². The highest BCUT2D eigenvalue weighted by atomic mass is 32.2. The molecule has 1 N–H and O–H groups in total. The van der Waals surface area contributed by atoms with Crippen molar-refractivity contribution in [1.82, 2.24) is 9.47 Å². The normalized spacial score (nSPS) is 17.8. The van der Waals surface area contributed by atoms with Crippen LogP contribution in [0.3, 0.4) is 0 Å². The molecule has 4 rings (SSSR count). The number of pyridine rings is 1. The first kappa shape index (κ1) is 25.4. The monoisotopic (exact) mass is 527 g/mol. The van der Waals surface area contributed by atoms with Gasteiger partial charge in [0.15, 0.2) is 5.78 Å². The lowest BCUT2D eigenvalue weighted by Crippen LogP contribution is -2.31. The number of amides is 1. The third-order valence-electron chi connectivity index (χ3n) is 6.44. The molecular weight excluding hydrogens is 502 g/mol. The average Bonchev–Trinajstić information content (AvgIpc) is 3.43. The topological polar surface area (TPSA) is 103 Å². The lowest BCUT2D eigenvalue weighted by molar-refractivity contribution is -0.122. The molecule has 1 aliphatic carbocycles. The van der Waals surface area contributed by atoms with Crippen molar-refractivity contribution in [1.29, 1.82) is 5.26 Å². The van der Waals surface area contributed by atoms with Gasteiger partial charge in [0.05, 0.1) is 10.5 Å². The van der Waals surface area contributed by atoms with E-state index in [4.69, 9.17) is 12.2 Å². The molecule has 3 heterocycles. The molecule has 0 aromatic carbocycles. The predicted molar refractivity (Wildman–Crippen MR) is 142 cm³/mol. The first-order chi connectivity index (χ1) is 16.8. The van der Waals surface area contributed by atoms with Crippen molar-refractivity contribution < 1.29 is 14.7 Å². The molecule has 0 bridgehead atoms. The molecule has 0 spiro atoms. The Kier molecular flexibility index (Phi) is 7.89. The Balaban J connectivity index is 1.50. The number of Topliss-reactive ketones (excluding diaryl/α,β-unsaturated/α-hetero) is 1. The number of thiophene rings is 1. The fourth-order valence-corrected chi connectivity index (χ4v) is 6.68. The third-order valence-corrected chi connectivity index (χ3v) is 8.64. The molecule has 2 aromatic rings. The standard InChI is InChI=1S/C25H25N3O4S3/c1-15-18(14-26)22(30)28(16-7-3-2-4-8-16)24(32)21(15)19(29)10-5-11-27-23(31)20(35-25(27)33)13-17-9-6-12-34-17/h6,9,12-13,16,32H,2-5,7-8,10-11H2,1H3/b20-13-. The molecule has 2 aromatic heterocycles. The summed E-state index contributed by atoms with van der Waals surface area (Å²) in [6.45, 7) is 1.79. The van der Waals surface area contributed by atoms with Crippen molar-refractivity contribution in [2.75, 3.05) is 6.54 Å². The third kappa shape index (κ3) is 5.13. The number of hydrogen-bond acceptors (Lipinski definition) is 8. The fourth-order valence-electron chi connectivity index (χ4n) is 4.65. The van der Waals surface area contributed by atoms with Crippen molar-refractivity contribution in [3.63, 3.8) is 0 Å². The van der Waals surface area contributed by atoms with Gasteiger partial charge in [-0.1, -0.05) is 49.3 Å². The Morgan fingerprint density at radius 1 is 1.31 bits per heavy atom. The molecular formula is C25H25N3O4S3. The van der Waals surface area contributed by atoms with Crippen molar-refractivity contribution in [3.05, 3.63) is 54.3 Å². The number of nitriles is 1. The molecule has 1 amide bonds. The molecule has 0 radical (unpaired) electrons. The molecule has 182 valence electrons. The zero-order valence-electron chi connectivity index (χ0n) is 19.3. The highest BCUT2D eigenvalue weighted by molar-refractivity contribution is 8.26. The van der Waals surface area contributed by atoms with E-state index in [-0.39, 0.29) is 53.3 Å². The summed E-state index contributed by atoms with van der Waals surface area (Å²) in [6, 6.07) is 5.54. The Morgan fingerprint density at radius 3 is 2.71 bits per heavy atom. The van der Waals surface area contributed by atoms with E-state index in [2.05, 4.69) is 0 Å². The SMILES string of the molecule is Cc1c(C(=O)CCCN2C(=O)/C(=C/c3cccs3)SC2=S)c(O)n(C2CCCCC2)c(=O)c1C#N. The van der Waals surface area contributed by atoms with Gasteiger partial charge in [0.25, 0.3) is 11.5 Å². The van der Waals surface area contributed by atoms with Crippen LogP contribution in [0.1, 0.15) is 77.3 Å². The molecule has 35 heavy (non-hydrogen) atoms. The summed E-state index contributed by atoms with van der Waals surface area (Å²) in [4.78, 5) is 41.9. The minimum absolute atomic E-state index is 0.0229. The summed E-state index contributed by atoms with van der Waals surface area (Å²) in [7, 11) is 0. The van der Waals surface area contributed by atoms with E-state index in [1.54, 1.807) is 0 Å². The number of aromatic hydroxyl groups is 1. The van der Waals surface area contributed by atoms with Gasteiger partial charge < -0.3 is 5.11 Å². The van der Waals surface area contributed by atoms with Crippen LogP contribution in [-0.4, -0.2) is 37.1 Å². The van der Waals surface area contributed by atoms with E-state index < -0.39 is 5.56 Å². The highest BCUT2D eigenvalue weighted by Crippen LogP contribution is 2.35. The number of thiocarbonyl (C=S) groups is 1. The highest BCUT2D eigenvalue weighted by Gasteiger charge is 2.32. The van der Waals surface area contributed by atoms with E-state index in [0.29, 0.717) is 15.6 Å². The second kappa shape index (κ2) is 10.9. The van der Waals surface area contributed by atoms with Gasteiger partial charge in [0.1, 0.15) is 16.0 Å². The van der Waals surface area contributed by atoms with Gasteiger partial charge in [0, 0.05) is 23.9 Å². The van der Waals surface area contributed by atoms with Crippen LogP contribution in [0.4, 0.5) is 0 Å². The number of ketones is 1. The number of rotatable bonds is 7. The average molecular weight is 528 g/mol. The Labute approximate surface area is 217 Å². The Hall–Kier alpha value is -2.74. The maximum Gasteiger partial charge on any atom is 0.271 e. The fraction of sp³-hybridized carbons (Fsp3) is 0.400. The molecule has 7 nitrogen and oxygen atoms in total. The Bertz CT molecular complexity index is 1300. The van der Waals surface area contributed by atoms with E-state index in [9.17, 15) is 24.8 Å². The molecule has 2 fully saturated rings. The lowest BCUT2D eigenvalue weighted by atomic mass is 9.93. The summed E-state index contributed by atoms with van der Waals surface area (Å²) in [5.74, 6) is -0.897. The van der Waals surface area contributed by atoms with Gasteiger partial charge in [0.2, 0.25) is 5.88 Å². The van der Waals surface area contributed by atoms with Gasteiger partial charge >= 0.3 is 0 Å². The predicted octanol–water partition coefficient (Wildman–Crippen LogP) is 5.17. The van der Waals surface area contributed by atoms with Crippen LogP contribution in [0.25, 0.3) is 6.08 Å². The van der Waals surface area contributed by atoms with E-state index >= 15 is 0 Å². The zero-order valence-corrected chi connectivity index (χ0v) is 21.7. The molecule has 1 aliphatic heterocycles. The number of aromatic nitrogens is 1. The summed E-state index contributed by atoms with van der Waals surface area (Å²) in [5, 5.41) is 22.5. The lowest BCUT2D eigenvalue weighted by Gasteiger charge is -2.26. The molecule has 2 aliphatic rings. The second-order valence-corrected chi connectivity index (χ2v) is 11.3. The zero-order chi connectivity index (χ0) is 25.1. The first-order valence-corrected chi connectivity index (χ1v) is 13.6. The van der Waals surface area contributed by atoms with Gasteiger partial charge in [-0.2, -0.15) is 5.26 Å². The number of hydrogen-bond donors (Lipinski definition) is 1. The van der Waals surface area contributed by atoms with Crippen LogP contribution in [0.2, 0.25) is 0 Å². The Morgan fingerprint density at radius 2 is 2.06 bits per heavy atom. The van der Waals surface area contributed by atoms with Crippen LogP contribution < -0.4 is 5.56 Å². The molecule has 1 saturated heterocycles. The maximum atomic E-state index is 13.2. The summed E-state index contributed by atoms with van der Waals surface area (Å²) >= 11 is 8.15. The van der Waals surface area contributed by atoms with Crippen molar-refractivity contribution >= 4 is 57.4 Å². The molecule has 0 unspecified atom stereocenters. The molecule has 0 atom stereocenters. The van der Waals surface area contributed by atoms with Crippen molar-refractivity contribution in [2.45, 2.75) is 57.9 Å². The van der Waals surface area contributed by atoms with Crippen molar-refractivity contribution in [2.24, 2.45) is 0 Å². The molecule has 1 saturated carbocycles. The van der Waals surface area contributed by atoms with Crippen LogP contribution in [-0.2, 0) is 4.79 Å². The second-order valence-electron chi connectivity index (χ2n) is 8.65. The smallest absolute Gasteiger partial charge is 0.271 e. The number of carbonyl (C=O) groups is 2. The van der Waals surface area contributed by atoms with Crippen LogP contribution in [0.5, 0.6) is 5.88 Å². The number of thioether (sulfide) groups is 1. The summed E-state index contributed by atoms with van der Waals surface area (Å²) in [5.41, 5.74) is -0.417.